The van der Waals surface area contributed by atoms with E-state index in [1.807, 2.05) is 54.6 Å². The van der Waals surface area contributed by atoms with Crippen LogP contribution in [-0.4, -0.2) is 47.3 Å². The zero-order valence-corrected chi connectivity index (χ0v) is 17.7. The number of hydrogen-bond acceptors (Lipinski definition) is 4. The number of oxime groups is 1. The number of hydrogen-bond donors (Lipinski definition) is 1. The van der Waals surface area contributed by atoms with Gasteiger partial charge in [0, 0.05) is 12.0 Å². The minimum atomic E-state index is -0.826. The van der Waals surface area contributed by atoms with Crippen LogP contribution in [0, 0.1) is 11.8 Å². The molecule has 0 bridgehead atoms. The fraction of sp³-hybridized carbons (Fsp3) is 0.400. The molecule has 2 aromatic rings. The van der Waals surface area contributed by atoms with Crippen molar-refractivity contribution in [2.75, 3.05) is 13.7 Å². The van der Waals surface area contributed by atoms with Gasteiger partial charge in [-0.3, -0.25) is 9.59 Å². The summed E-state index contributed by atoms with van der Waals surface area (Å²) in [6.45, 7) is 0.300. The second-order valence-electron chi connectivity index (χ2n) is 8.40. The number of carbonyl (C=O) groups excluding carboxylic acids is 1. The molecule has 1 unspecified atom stereocenters. The molecule has 6 heteroatoms. The lowest BCUT2D eigenvalue weighted by Gasteiger charge is -2.32. The summed E-state index contributed by atoms with van der Waals surface area (Å²) in [7, 11) is 1.47. The smallest absolute Gasteiger partial charge is 0.308 e. The fourth-order valence-electron chi connectivity index (χ4n) is 5.07. The molecule has 2 atom stereocenters. The number of carbonyl (C=O) groups is 2. The number of carboxylic acids is 1. The topological polar surface area (TPSA) is 79.2 Å². The number of benzene rings is 2. The molecule has 2 aliphatic rings. The number of likely N-dealkylation sites (tertiary alicyclic amines) is 1. The second-order valence-corrected chi connectivity index (χ2v) is 8.40. The van der Waals surface area contributed by atoms with E-state index in [4.69, 9.17) is 4.84 Å². The van der Waals surface area contributed by atoms with Crippen molar-refractivity contribution in [1.29, 1.82) is 0 Å². The highest BCUT2D eigenvalue weighted by molar-refractivity contribution is 6.01. The van der Waals surface area contributed by atoms with Gasteiger partial charge < -0.3 is 14.8 Å². The number of rotatable bonds is 6. The summed E-state index contributed by atoms with van der Waals surface area (Å²) in [6, 6.07) is 17.1. The van der Waals surface area contributed by atoms with Gasteiger partial charge in [0.2, 0.25) is 0 Å². The minimum Gasteiger partial charge on any atom is -0.481 e. The van der Waals surface area contributed by atoms with E-state index >= 15 is 0 Å². The molecule has 1 amide bonds. The summed E-state index contributed by atoms with van der Waals surface area (Å²) in [5.41, 5.74) is 3.39. The van der Waals surface area contributed by atoms with E-state index in [1.165, 1.54) is 7.11 Å². The summed E-state index contributed by atoms with van der Waals surface area (Å²) in [6.07, 6.45) is 4.34. The molecule has 1 saturated carbocycles. The molecule has 4 rings (SSSR count). The largest absolute Gasteiger partial charge is 0.481 e. The Labute approximate surface area is 182 Å². The predicted molar refractivity (Wildman–Crippen MR) is 119 cm³/mol. The maximum absolute atomic E-state index is 13.4. The van der Waals surface area contributed by atoms with Gasteiger partial charge in [-0.25, -0.2) is 0 Å². The van der Waals surface area contributed by atoms with Gasteiger partial charge in [-0.05, 0) is 42.0 Å². The van der Waals surface area contributed by atoms with Crippen LogP contribution in [0.4, 0.5) is 0 Å². The summed E-state index contributed by atoms with van der Waals surface area (Å²) >= 11 is 0. The Morgan fingerprint density at radius 2 is 1.68 bits per heavy atom. The van der Waals surface area contributed by atoms with Gasteiger partial charge >= 0.3 is 5.97 Å². The van der Waals surface area contributed by atoms with E-state index < -0.39 is 17.9 Å². The molecular formula is C25H28N2O4. The van der Waals surface area contributed by atoms with E-state index in [0.29, 0.717) is 24.2 Å². The Morgan fingerprint density at radius 3 is 2.29 bits per heavy atom. The Kier molecular flexibility index (Phi) is 6.35. The molecule has 1 heterocycles. The Balaban J connectivity index is 1.60. The van der Waals surface area contributed by atoms with E-state index in [-0.39, 0.29) is 11.8 Å². The number of carboxylic acid groups (broad SMARTS) is 1. The summed E-state index contributed by atoms with van der Waals surface area (Å²) in [4.78, 5) is 32.3. The zero-order chi connectivity index (χ0) is 21.8. The molecule has 1 saturated heterocycles. The minimum absolute atomic E-state index is 0.0974. The lowest BCUT2D eigenvalue weighted by atomic mass is 9.83. The fourth-order valence-corrected chi connectivity index (χ4v) is 5.07. The Hall–Kier alpha value is -3.15. The lowest BCUT2D eigenvalue weighted by Crippen LogP contribution is -2.45. The third-order valence-electron chi connectivity index (χ3n) is 6.53. The van der Waals surface area contributed by atoms with Gasteiger partial charge in [0.1, 0.15) is 7.11 Å². The molecule has 6 nitrogen and oxygen atoms in total. The van der Waals surface area contributed by atoms with Gasteiger partial charge in [-0.2, -0.15) is 0 Å². The summed E-state index contributed by atoms with van der Waals surface area (Å²) in [5, 5.41) is 14.1. The highest BCUT2D eigenvalue weighted by Crippen LogP contribution is 2.38. The van der Waals surface area contributed by atoms with Crippen molar-refractivity contribution in [2.45, 2.75) is 38.1 Å². The molecule has 31 heavy (non-hydrogen) atoms. The number of amides is 1. The van der Waals surface area contributed by atoms with Crippen molar-refractivity contribution in [3.63, 3.8) is 0 Å². The maximum atomic E-state index is 13.4. The predicted octanol–water partition coefficient (Wildman–Crippen LogP) is 4.46. The van der Waals surface area contributed by atoms with E-state index in [2.05, 4.69) is 5.16 Å². The van der Waals surface area contributed by atoms with Crippen LogP contribution >= 0.6 is 0 Å². The van der Waals surface area contributed by atoms with Crippen molar-refractivity contribution < 1.29 is 19.5 Å². The molecule has 1 N–H and O–H groups in total. The third kappa shape index (κ3) is 4.48. The number of nitrogens with zero attached hydrogens (tertiary/aromatic N) is 2. The number of aliphatic carboxylic acids is 1. The molecule has 0 radical (unpaired) electrons. The van der Waals surface area contributed by atoms with Crippen molar-refractivity contribution >= 4 is 17.6 Å². The molecule has 2 aromatic carbocycles. The van der Waals surface area contributed by atoms with Gasteiger partial charge in [-0.1, -0.05) is 60.5 Å². The second kappa shape index (κ2) is 9.33. The highest BCUT2D eigenvalue weighted by Gasteiger charge is 2.45. The quantitative estimate of drug-likeness (QED) is 0.700. The van der Waals surface area contributed by atoms with Crippen LogP contribution in [0.5, 0.6) is 0 Å². The van der Waals surface area contributed by atoms with Crippen LogP contribution in [0.15, 0.2) is 59.8 Å². The average molecular weight is 421 g/mol. The van der Waals surface area contributed by atoms with Gasteiger partial charge in [0.15, 0.2) is 0 Å². The highest BCUT2D eigenvalue weighted by atomic mass is 16.6. The van der Waals surface area contributed by atoms with Crippen LogP contribution in [0.1, 0.15) is 42.5 Å². The summed E-state index contributed by atoms with van der Waals surface area (Å²) < 4.78 is 0. The van der Waals surface area contributed by atoms with Gasteiger partial charge in [0.25, 0.3) is 5.91 Å². The van der Waals surface area contributed by atoms with Crippen molar-refractivity contribution in [3.05, 3.63) is 60.2 Å². The first-order chi connectivity index (χ1) is 15.1. The van der Waals surface area contributed by atoms with Crippen molar-refractivity contribution in [1.82, 2.24) is 4.90 Å². The van der Waals surface area contributed by atoms with Crippen molar-refractivity contribution in [3.8, 4) is 11.1 Å². The van der Waals surface area contributed by atoms with Crippen molar-refractivity contribution in [2.24, 2.45) is 17.0 Å². The van der Waals surface area contributed by atoms with Crippen LogP contribution < -0.4 is 0 Å². The normalized spacial score (nSPS) is 21.4. The summed E-state index contributed by atoms with van der Waals surface area (Å²) in [5.74, 6) is -1.47. The molecular weight excluding hydrogens is 392 g/mol. The Bertz CT molecular complexity index is 949. The first kappa shape index (κ1) is 21.1. The van der Waals surface area contributed by atoms with E-state index in [0.717, 1.165) is 36.8 Å². The first-order valence-corrected chi connectivity index (χ1v) is 10.9. The zero-order valence-electron chi connectivity index (χ0n) is 17.7. The molecule has 0 spiro atoms. The molecule has 1 aliphatic heterocycles. The van der Waals surface area contributed by atoms with Crippen LogP contribution in [-0.2, 0) is 9.63 Å². The molecule has 2 fully saturated rings. The first-order valence-electron chi connectivity index (χ1n) is 10.9. The lowest BCUT2D eigenvalue weighted by molar-refractivity contribution is -0.145. The van der Waals surface area contributed by atoms with E-state index in [1.54, 1.807) is 4.90 Å². The molecule has 0 aromatic heterocycles. The van der Waals surface area contributed by atoms with Gasteiger partial charge in [-0.15, -0.1) is 0 Å². The Morgan fingerprint density at radius 1 is 1.03 bits per heavy atom. The van der Waals surface area contributed by atoms with E-state index in [9.17, 15) is 14.7 Å². The van der Waals surface area contributed by atoms with Crippen LogP contribution in [0.25, 0.3) is 11.1 Å². The molecule has 1 aliphatic carbocycles. The average Bonchev–Trinajstić information content (AvgIpc) is 3.45. The van der Waals surface area contributed by atoms with Crippen LogP contribution in [0.3, 0.4) is 0 Å². The monoisotopic (exact) mass is 420 g/mol. The standard InChI is InChI=1S/C25H28N2O4/c1-31-26-21-15-22(23(25(29)30)19-9-5-6-10-19)27(16-21)24(28)20-13-11-18(12-14-20)17-7-3-2-4-8-17/h2-4,7-8,11-14,19,22-23H,5-6,9-10,15-16H2,1H3,(H,29,30)/b26-21+/t22-,23?/m0/s1. The van der Waals surface area contributed by atoms with Crippen LogP contribution in [0.2, 0.25) is 0 Å². The SMILES string of the molecule is CO/N=C1\C[C@@H](C(C(=O)O)C2CCCC2)N(C(=O)c2ccc(-c3ccccc3)cc2)C1. The maximum Gasteiger partial charge on any atom is 0.308 e. The third-order valence-corrected chi connectivity index (χ3v) is 6.53. The van der Waals surface area contributed by atoms with Gasteiger partial charge in [0.05, 0.1) is 24.2 Å². The molecule has 162 valence electrons.